The highest BCUT2D eigenvalue weighted by atomic mass is 79.9. The first-order valence-electron chi connectivity index (χ1n) is 9.95. The van der Waals surface area contributed by atoms with E-state index in [0.29, 0.717) is 25.9 Å². The Hall–Kier alpha value is -1.90. The molecule has 0 aliphatic carbocycles. The molecule has 1 amide bonds. The van der Waals surface area contributed by atoms with Gasteiger partial charge in [0.05, 0.1) is 18.9 Å². The predicted octanol–water partition coefficient (Wildman–Crippen LogP) is 3.88. The van der Waals surface area contributed by atoms with Gasteiger partial charge in [0.15, 0.2) is 0 Å². The summed E-state index contributed by atoms with van der Waals surface area (Å²) >= 11 is 3.37. The molecule has 2 aromatic carbocycles. The molecule has 1 saturated heterocycles. The topological polar surface area (TPSA) is 75.7 Å². The number of nitrogens with zero attached hydrogens (tertiary/aromatic N) is 1. The number of sulfonamides is 1. The van der Waals surface area contributed by atoms with Crippen LogP contribution >= 0.6 is 15.9 Å². The van der Waals surface area contributed by atoms with Gasteiger partial charge in [-0.3, -0.25) is 4.79 Å². The van der Waals surface area contributed by atoms with Gasteiger partial charge < -0.3 is 10.1 Å². The number of para-hydroxylation sites is 1. The van der Waals surface area contributed by atoms with Crippen LogP contribution in [-0.2, 0) is 20.6 Å². The van der Waals surface area contributed by atoms with Crippen LogP contribution in [0.5, 0.6) is 5.75 Å². The summed E-state index contributed by atoms with van der Waals surface area (Å²) in [7, 11) is -1.80. The molecule has 162 valence electrons. The number of ether oxygens (including phenoxy) is 1. The number of carbonyl (C=O) groups is 1. The van der Waals surface area contributed by atoms with Crippen LogP contribution in [0, 0.1) is 5.92 Å². The molecule has 1 fully saturated rings. The van der Waals surface area contributed by atoms with Crippen LogP contribution in [0.2, 0.25) is 0 Å². The number of amides is 1. The van der Waals surface area contributed by atoms with Crippen molar-refractivity contribution in [3.8, 4) is 5.75 Å². The lowest BCUT2D eigenvalue weighted by molar-refractivity contribution is -0.126. The lowest BCUT2D eigenvalue weighted by atomic mass is 9.96. The van der Waals surface area contributed by atoms with Crippen molar-refractivity contribution >= 4 is 31.9 Å². The first-order chi connectivity index (χ1) is 14.3. The Balaban J connectivity index is 1.56. The third-order valence-corrected chi connectivity index (χ3v) is 7.76. The van der Waals surface area contributed by atoms with Crippen LogP contribution in [0.4, 0.5) is 0 Å². The molecule has 1 aliphatic heterocycles. The summed E-state index contributed by atoms with van der Waals surface area (Å²) in [6, 6.07) is 14.7. The summed E-state index contributed by atoms with van der Waals surface area (Å²) in [5, 5.41) is 3.05. The molecule has 3 rings (SSSR count). The van der Waals surface area contributed by atoms with Gasteiger partial charge in [0.1, 0.15) is 5.75 Å². The van der Waals surface area contributed by atoms with Crippen molar-refractivity contribution in [2.24, 2.45) is 5.92 Å². The number of benzene rings is 2. The zero-order valence-electron chi connectivity index (χ0n) is 17.2. The van der Waals surface area contributed by atoms with Crippen molar-refractivity contribution in [2.45, 2.75) is 31.6 Å². The average molecular weight is 495 g/mol. The molecular weight excluding hydrogens is 468 g/mol. The lowest BCUT2D eigenvalue weighted by Gasteiger charge is -2.31. The number of hydrogen-bond acceptors (Lipinski definition) is 4. The highest BCUT2D eigenvalue weighted by molar-refractivity contribution is 9.10. The third-order valence-electron chi connectivity index (χ3n) is 5.42. The Kier molecular flexibility index (Phi) is 7.55. The van der Waals surface area contributed by atoms with Gasteiger partial charge in [-0.15, -0.1) is 0 Å². The average Bonchev–Trinajstić information content (AvgIpc) is 2.73. The molecule has 0 radical (unpaired) electrons. The number of methoxy groups -OCH3 is 1. The molecule has 0 bridgehead atoms. The SMILES string of the molecule is COc1ccccc1C(C)NC(=O)C1CCN(S(=O)(=O)Cc2cccc(Br)c2)CC1. The summed E-state index contributed by atoms with van der Waals surface area (Å²) in [5.41, 5.74) is 1.66. The Morgan fingerprint density at radius 1 is 1.20 bits per heavy atom. The van der Waals surface area contributed by atoms with Crippen LogP contribution in [0.3, 0.4) is 0 Å². The summed E-state index contributed by atoms with van der Waals surface area (Å²) < 4.78 is 33.3. The van der Waals surface area contributed by atoms with E-state index in [9.17, 15) is 13.2 Å². The quantitative estimate of drug-likeness (QED) is 0.633. The minimum atomic E-state index is -3.41. The first-order valence-corrected chi connectivity index (χ1v) is 12.4. The largest absolute Gasteiger partial charge is 0.496 e. The van der Waals surface area contributed by atoms with E-state index in [0.717, 1.165) is 21.3 Å². The molecule has 0 aromatic heterocycles. The predicted molar refractivity (Wildman–Crippen MR) is 121 cm³/mol. The fourth-order valence-electron chi connectivity index (χ4n) is 3.76. The van der Waals surface area contributed by atoms with Crippen molar-refractivity contribution in [3.05, 3.63) is 64.1 Å². The second-order valence-corrected chi connectivity index (χ2v) is 10.4. The van der Waals surface area contributed by atoms with E-state index in [1.165, 1.54) is 4.31 Å². The second-order valence-electron chi connectivity index (χ2n) is 7.53. The van der Waals surface area contributed by atoms with Gasteiger partial charge in [-0.2, -0.15) is 0 Å². The van der Waals surface area contributed by atoms with Gasteiger partial charge in [-0.1, -0.05) is 46.3 Å². The molecule has 0 spiro atoms. The standard InChI is InChI=1S/C22H27BrN2O4S/c1-16(20-8-3-4-9-21(20)29-2)24-22(26)18-10-12-25(13-11-18)30(27,28)15-17-6-5-7-19(23)14-17/h3-9,14,16,18H,10-13,15H2,1-2H3,(H,24,26). The van der Waals surface area contributed by atoms with Gasteiger partial charge in [-0.05, 0) is 43.5 Å². The van der Waals surface area contributed by atoms with Crippen molar-refractivity contribution < 1.29 is 17.9 Å². The molecule has 8 heteroatoms. The Morgan fingerprint density at radius 2 is 1.90 bits per heavy atom. The molecule has 30 heavy (non-hydrogen) atoms. The smallest absolute Gasteiger partial charge is 0.223 e. The van der Waals surface area contributed by atoms with Gasteiger partial charge in [0, 0.05) is 29.0 Å². The highest BCUT2D eigenvalue weighted by Crippen LogP contribution is 2.27. The molecule has 1 heterocycles. The van der Waals surface area contributed by atoms with E-state index < -0.39 is 10.0 Å². The minimum Gasteiger partial charge on any atom is -0.496 e. The van der Waals surface area contributed by atoms with Crippen molar-refractivity contribution in [2.75, 3.05) is 20.2 Å². The summed E-state index contributed by atoms with van der Waals surface area (Å²) in [6.07, 6.45) is 1.03. The monoisotopic (exact) mass is 494 g/mol. The maximum atomic E-state index is 12.8. The Morgan fingerprint density at radius 3 is 2.57 bits per heavy atom. The number of carbonyl (C=O) groups excluding carboxylic acids is 1. The highest BCUT2D eigenvalue weighted by Gasteiger charge is 2.31. The number of rotatable bonds is 7. The number of nitrogens with one attached hydrogen (secondary N) is 1. The van der Waals surface area contributed by atoms with Crippen molar-refractivity contribution in [1.29, 1.82) is 0 Å². The van der Waals surface area contributed by atoms with Crippen LogP contribution < -0.4 is 10.1 Å². The fraction of sp³-hybridized carbons (Fsp3) is 0.409. The van der Waals surface area contributed by atoms with Gasteiger partial charge >= 0.3 is 0 Å². The van der Waals surface area contributed by atoms with Gasteiger partial charge in [0.25, 0.3) is 0 Å². The number of piperidine rings is 1. The second kappa shape index (κ2) is 9.94. The van der Waals surface area contributed by atoms with E-state index in [2.05, 4.69) is 21.2 Å². The molecule has 0 saturated carbocycles. The molecule has 1 N–H and O–H groups in total. The normalized spacial score (nSPS) is 16.8. The summed E-state index contributed by atoms with van der Waals surface area (Å²) in [5.74, 6) is 0.462. The fourth-order valence-corrected chi connectivity index (χ4v) is 5.76. The summed E-state index contributed by atoms with van der Waals surface area (Å²) in [6.45, 7) is 2.64. The molecular formula is C22H27BrN2O4S. The number of halogens is 1. The van der Waals surface area contributed by atoms with Crippen LogP contribution in [-0.4, -0.2) is 38.8 Å². The Labute approximate surface area is 186 Å². The minimum absolute atomic E-state index is 0.0336. The summed E-state index contributed by atoms with van der Waals surface area (Å²) in [4.78, 5) is 12.7. The maximum Gasteiger partial charge on any atom is 0.223 e. The van der Waals surface area contributed by atoms with Crippen LogP contribution in [0.15, 0.2) is 53.0 Å². The zero-order chi connectivity index (χ0) is 21.7. The van der Waals surface area contributed by atoms with E-state index in [1.54, 1.807) is 7.11 Å². The molecule has 6 nitrogen and oxygen atoms in total. The van der Waals surface area contributed by atoms with Crippen LogP contribution in [0.25, 0.3) is 0 Å². The van der Waals surface area contributed by atoms with Gasteiger partial charge in [-0.25, -0.2) is 12.7 Å². The molecule has 1 aliphatic rings. The molecule has 1 unspecified atom stereocenters. The first kappa shape index (κ1) is 22.8. The van der Waals surface area contributed by atoms with E-state index in [4.69, 9.17) is 4.74 Å². The van der Waals surface area contributed by atoms with E-state index in [-0.39, 0.29) is 23.6 Å². The number of hydrogen-bond donors (Lipinski definition) is 1. The Bertz CT molecular complexity index is 988. The van der Waals surface area contributed by atoms with Gasteiger partial charge in [0.2, 0.25) is 15.9 Å². The zero-order valence-corrected chi connectivity index (χ0v) is 19.6. The van der Waals surface area contributed by atoms with Crippen LogP contribution in [0.1, 0.15) is 36.9 Å². The van der Waals surface area contributed by atoms with E-state index in [1.807, 2.05) is 55.5 Å². The van der Waals surface area contributed by atoms with E-state index >= 15 is 0 Å². The molecule has 2 aromatic rings. The molecule has 1 atom stereocenters. The maximum absolute atomic E-state index is 12.8. The van der Waals surface area contributed by atoms with Crippen molar-refractivity contribution in [1.82, 2.24) is 9.62 Å². The third kappa shape index (κ3) is 5.62. The lowest BCUT2D eigenvalue weighted by Crippen LogP contribution is -2.43. The van der Waals surface area contributed by atoms with Crippen molar-refractivity contribution in [3.63, 3.8) is 0 Å².